The predicted molar refractivity (Wildman–Crippen MR) is 82.0 cm³/mol. The van der Waals surface area contributed by atoms with Crippen LogP contribution >= 0.6 is 0 Å². The van der Waals surface area contributed by atoms with E-state index in [2.05, 4.69) is 15.5 Å². The predicted octanol–water partition coefficient (Wildman–Crippen LogP) is 3.11. The zero-order valence-corrected chi connectivity index (χ0v) is 12.4. The first-order valence-corrected chi connectivity index (χ1v) is 7.06. The van der Waals surface area contributed by atoms with Crippen LogP contribution in [0.5, 0.6) is 0 Å². The second-order valence-corrected chi connectivity index (χ2v) is 5.00. The molecule has 0 saturated heterocycles. The van der Waals surface area contributed by atoms with Crippen LogP contribution in [0.25, 0.3) is 11.5 Å². The number of benzene rings is 2. The number of carbonyl (C=O) groups is 1. The van der Waals surface area contributed by atoms with E-state index in [9.17, 15) is 9.18 Å². The maximum absolute atomic E-state index is 13.5. The molecule has 3 aromatic rings. The van der Waals surface area contributed by atoms with Gasteiger partial charge in [0.25, 0.3) is 11.8 Å². The number of rotatable bonds is 4. The quantitative estimate of drug-likeness (QED) is 0.804. The Morgan fingerprint density at radius 2 is 1.91 bits per heavy atom. The van der Waals surface area contributed by atoms with Gasteiger partial charge < -0.3 is 9.84 Å². The van der Waals surface area contributed by atoms with Crippen LogP contribution in [-0.4, -0.2) is 16.0 Å². The van der Waals surface area contributed by atoms with Crippen LogP contribution in [0.15, 0.2) is 53.1 Å². The van der Waals surface area contributed by atoms with Gasteiger partial charge in [0, 0.05) is 23.2 Å². The summed E-state index contributed by atoms with van der Waals surface area (Å²) >= 11 is 0. The van der Waals surface area contributed by atoms with Crippen molar-refractivity contribution in [2.24, 2.45) is 0 Å². The van der Waals surface area contributed by atoms with Crippen LogP contribution in [0.3, 0.4) is 0 Å². The molecule has 1 aromatic heterocycles. The molecule has 0 radical (unpaired) electrons. The highest BCUT2D eigenvalue weighted by Crippen LogP contribution is 2.17. The molecule has 3 rings (SSSR count). The van der Waals surface area contributed by atoms with Gasteiger partial charge in [0.2, 0.25) is 0 Å². The van der Waals surface area contributed by atoms with E-state index in [1.54, 1.807) is 49.4 Å². The van der Waals surface area contributed by atoms with E-state index < -0.39 is 0 Å². The third-order valence-corrected chi connectivity index (χ3v) is 3.32. The van der Waals surface area contributed by atoms with E-state index in [1.165, 1.54) is 6.07 Å². The summed E-state index contributed by atoms with van der Waals surface area (Å²) in [6.07, 6.45) is 0. The minimum absolute atomic E-state index is 0.135. The van der Waals surface area contributed by atoms with Crippen molar-refractivity contribution in [2.75, 3.05) is 0 Å². The first-order chi connectivity index (χ1) is 11.1. The molecular weight excluding hydrogens is 297 g/mol. The maximum Gasteiger partial charge on any atom is 0.257 e. The summed E-state index contributed by atoms with van der Waals surface area (Å²) in [5.41, 5.74) is 1.65. The van der Waals surface area contributed by atoms with Crippen molar-refractivity contribution < 1.29 is 13.7 Å². The molecule has 23 heavy (non-hydrogen) atoms. The number of aryl methyl sites for hydroxylation is 1. The second kappa shape index (κ2) is 6.39. The van der Waals surface area contributed by atoms with Crippen molar-refractivity contribution >= 4 is 5.91 Å². The van der Waals surface area contributed by atoms with Gasteiger partial charge in [-0.1, -0.05) is 23.4 Å². The summed E-state index contributed by atoms with van der Waals surface area (Å²) in [6, 6.07) is 13.1. The molecule has 1 heterocycles. The van der Waals surface area contributed by atoms with Crippen molar-refractivity contribution in [2.45, 2.75) is 13.5 Å². The Labute approximate surface area is 132 Å². The van der Waals surface area contributed by atoms with E-state index in [0.29, 0.717) is 22.8 Å². The van der Waals surface area contributed by atoms with E-state index in [0.717, 1.165) is 5.56 Å². The number of hydrogen-bond acceptors (Lipinski definition) is 4. The molecular formula is C17H14FN3O2. The largest absolute Gasteiger partial charge is 0.348 e. The average Bonchev–Trinajstić information content (AvgIpc) is 3.00. The molecule has 0 atom stereocenters. The summed E-state index contributed by atoms with van der Waals surface area (Å²) in [4.78, 5) is 16.2. The fourth-order valence-electron chi connectivity index (χ4n) is 2.10. The van der Waals surface area contributed by atoms with E-state index in [1.807, 2.05) is 0 Å². The molecule has 5 nitrogen and oxygen atoms in total. The lowest BCUT2D eigenvalue weighted by molar-refractivity contribution is 0.0950. The Bertz CT molecular complexity index is 828. The van der Waals surface area contributed by atoms with Crippen molar-refractivity contribution in [1.82, 2.24) is 15.5 Å². The van der Waals surface area contributed by atoms with Gasteiger partial charge in [-0.25, -0.2) is 4.39 Å². The highest BCUT2D eigenvalue weighted by atomic mass is 19.1. The van der Waals surface area contributed by atoms with Gasteiger partial charge in [-0.3, -0.25) is 4.79 Å². The Balaban J connectivity index is 1.67. The summed E-state index contributed by atoms with van der Waals surface area (Å²) < 4.78 is 18.6. The zero-order valence-electron chi connectivity index (χ0n) is 12.4. The van der Waals surface area contributed by atoms with Gasteiger partial charge in [0.1, 0.15) is 5.82 Å². The molecule has 0 fully saturated rings. The Morgan fingerprint density at radius 1 is 1.17 bits per heavy atom. The Hall–Kier alpha value is -3.02. The van der Waals surface area contributed by atoms with E-state index in [4.69, 9.17) is 4.52 Å². The number of hydrogen-bond donors (Lipinski definition) is 1. The van der Waals surface area contributed by atoms with Crippen LogP contribution in [-0.2, 0) is 6.54 Å². The monoisotopic (exact) mass is 311 g/mol. The molecule has 1 N–H and O–H groups in total. The van der Waals surface area contributed by atoms with Crippen LogP contribution in [0.1, 0.15) is 21.7 Å². The first kappa shape index (κ1) is 14.9. The lowest BCUT2D eigenvalue weighted by Crippen LogP contribution is -2.23. The fourth-order valence-corrected chi connectivity index (χ4v) is 2.10. The molecule has 1 amide bonds. The number of halogens is 1. The highest BCUT2D eigenvalue weighted by molar-refractivity contribution is 5.94. The minimum atomic E-state index is -0.338. The minimum Gasteiger partial charge on any atom is -0.348 e. The summed E-state index contributed by atoms with van der Waals surface area (Å²) in [7, 11) is 0. The third kappa shape index (κ3) is 3.42. The summed E-state index contributed by atoms with van der Waals surface area (Å²) in [6.45, 7) is 1.87. The second-order valence-electron chi connectivity index (χ2n) is 5.00. The molecule has 116 valence electrons. The van der Waals surface area contributed by atoms with Gasteiger partial charge in [-0.05, 0) is 37.3 Å². The van der Waals surface area contributed by atoms with Gasteiger partial charge in [-0.2, -0.15) is 4.98 Å². The number of carbonyl (C=O) groups excluding carboxylic acids is 1. The van der Waals surface area contributed by atoms with Crippen LogP contribution in [0, 0.1) is 12.7 Å². The Morgan fingerprint density at radius 3 is 2.57 bits per heavy atom. The third-order valence-electron chi connectivity index (χ3n) is 3.32. The van der Waals surface area contributed by atoms with Crippen LogP contribution in [0.4, 0.5) is 4.39 Å². The number of amides is 1. The van der Waals surface area contributed by atoms with Gasteiger partial charge in [0.15, 0.2) is 5.82 Å². The van der Waals surface area contributed by atoms with E-state index >= 15 is 0 Å². The smallest absolute Gasteiger partial charge is 0.257 e. The van der Waals surface area contributed by atoms with Crippen LogP contribution < -0.4 is 5.32 Å². The molecule has 0 spiro atoms. The highest BCUT2D eigenvalue weighted by Gasteiger charge is 2.10. The standard InChI is InChI=1S/C17H14FN3O2/c1-11-20-17(23-21-11)13-8-6-12(7-9-13)16(22)19-10-14-4-2-3-5-15(14)18/h2-9H,10H2,1H3,(H,19,22). The van der Waals surface area contributed by atoms with Gasteiger partial charge in [0.05, 0.1) is 0 Å². The number of nitrogens with zero attached hydrogens (tertiary/aromatic N) is 2. The molecule has 0 bridgehead atoms. The van der Waals surface area contributed by atoms with Gasteiger partial charge in [-0.15, -0.1) is 0 Å². The Kier molecular flexibility index (Phi) is 4.14. The van der Waals surface area contributed by atoms with Crippen molar-refractivity contribution in [3.63, 3.8) is 0 Å². The molecule has 0 aliphatic rings. The topological polar surface area (TPSA) is 68.0 Å². The molecule has 2 aromatic carbocycles. The molecule has 0 aliphatic heterocycles. The van der Waals surface area contributed by atoms with Crippen LogP contribution in [0.2, 0.25) is 0 Å². The lowest BCUT2D eigenvalue weighted by Gasteiger charge is -2.06. The zero-order chi connectivity index (χ0) is 16.2. The van der Waals surface area contributed by atoms with Crippen molar-refractivity contribution in [3.8, 4) is 11.5 Å². The average molecular weight is 311 g/mol. The number of nitrogens with one attached hydrogen (secondary N) is 1. The molecule has 6 heteroatoms. The maximum atomic E-state index is 13.5. The van der Waals surface area contributed by atoms with Gasteiger partial charge >= 0.3 is 0 Å². The van der Waals surface area contributed by atoms with E-state index in [-0.39, 0.29) is 18.3 Å². The summed E-state index contributed by atoms with van der Waals surface area (Å²) in [5, 5.41) is 6.41. The van der Waals surface area contributed by atoms with Crippen molar-refractivity contribution in [1.29, 1.82) is 0 Å². The first-order valence-electron chi connectivity index (χ1n) is 7.06. The fraction of sp³-hybridized carbons (Fsp3) is 0.118. The normalized spacial score (nSPS) is 10.5. The molecule has 0 unspecified atom stereocenters. The van der Waals surface area contributed by atoms with Crippen molar-refractivity contribution in [3.05, 3.63) is 71.3 Å². The molecule has 0 saturated carbocycles. The summed E-state index contributed by atoms with van der Waals surface area (Å²) in [5.74, 6) is 0.337. The lowest BCUT2D eigenvalue weighted by atomic mass is 10.1. The molecule has 0 aliphatic carbocycles. The number of aromatic nitrogens is 2. The SMILES string of the molecule is Cc1noc(-c2ccc(C(=O)NCc3ccccc3F)cc2)n1.